The Labute approximate surface area is 201 Å². The summed E-state index contributed by atoms with van der Waals surface area (Å²) < 4.78 is 10.9. The van der Waals surface area contributed by atoms with Gasteiger partial charge in [0, 0.05) is 38.2 Å². The maximum atomic E-state index is 5.78. The summed E-state index contributed by atoms with van der Waals surface area (Å²) in [6.45, 7) is 11.0. The highest BCUT2D eigenvalue weighted by Crippen LogP contribution is 2.36. The van der Waals surface area contributed by atoms with Gasteiger partial charge in [-0.15, -0.1) is 24.0 Å². The van der Waals surface area contributed by atoms with Crippen molar-refractivity contribution < 1.29 is 9.47 Å². The molecular formula is C23H45IN4O2. The molecule has 1 N–H and O–H groups in total. The lowest BCUT2D eigenvalue weighted by Gasteiger charge is -2.47. The molecule has 0 radical (unpaired) electrons. The van der Waals surface area contributed by atoms with Gasteiger partial charge in [-0.3, -0.25) is 9.89 Å². The quantitative estimate of drug-likeness (QED) is 0.211. The average Bonchev–Trinajstić information content (AvgIpc) is 3.24. The number of nitrogens with zero attached hydrogens (tertiary/aromatic N) is 3. The van der Waals surface area contributed by atoms with Gasteiger partial charge in [-0.05, 0) is 52.1 Å². The van der Waals surface area contributed by atoms with E-state index in [0.717, 1.165) is 38.7 Å². The Bertz CT molecular complexity index is 494. The lowest BCUT2D eigenvalue weighted by atomic mass is 9.79. The topological polar surface area (TPSA) is 49.3 Å². The van der Waals surface area contributed by atoms with Gasteiger partial charge in [0.05, 0.1) is 26.4 Å². The van der Waals surface area contributed by atoms with Crippen molar-refractivity contribution in [3.8, 4) is 0 Å². The van der Waals surface area contributed by atoms with E-state index < -0.39 is 0 Å². The van der Waals surface area contributed by atoms with E-state index in [9.17, 15) is 0 Å². The summed E-state index contributed by atoms with van der Waals surface area (Å²) in [4.78, 5) is 10.5. The van der Waals surface area contributed by atoms with Gasteiger partial charge in [0.15, 0.2) is 5.96 Å². The summed E-state index contributed by atoms with van der Waals surface area (Å²) in [7, 11) is 1.72. The second kappa shape index (κ2) is 14.1. The molecule has 1 unspecified atom stereocenters. The molecule has 3 rings (SSSR count). The van der Waals surface area contributed by atoms with Crippen molar-refractivity contribution in [2.24, 2.45) is 10.9 Å². The number of piperidine rings is 1. The van der Waals surface area contributed by atoms with E-state index in [2.05, 4.69) is 22.0 Å². The number of nitrogens with one attached hydrogen (secondary N) is 1. The molecule has 3 fully saturated rings. The lowest BCUT2D eigenvalue weighted by molar-refractivity contribution is 0.0405. The van der Waals surface area contributed by atoms with Crippen LogP contribution in [0.3, 0.4) is 0 Å². The molecule has 0 bridgehead atoms. The molecule has 0 spiro atoms. The molecular weight excluding hydrogens is 491 g/mol. The monoisotopic (exact) mass is 536 g/mol. The predicted molar refractivity (Wildman–Crippen MR) is 135 cm³/mol. The van der Waals surface area contributed by atoms with Crippen LogP contribution in [0.25, 0.3) is 0 Å². The highest BCUT2D eigenvalue weighted by atomic mass is 127. The molecule has 0 aromatic heterocycles. The lowest BCUT2D eigenvalue weighted by Crippen LogP contribution is -2.54. The minimum absolute atomic E-state index is 0. The molecule has 1 aliphatic carbocycles. The Morgan fingerprint density at radius 3 is 2.47 bits per heavy atom. The molecule has 2 aliphatic heterocycles. The molecule has 2 saturated heterocycles. The summed E-state index contributed by atoms with van der Waals surface area (Å²) in [5, 5.41) is 3.58. The number of rotatable bonds is 9. The third-order valence-electron chi connectivity index (χ3n) is 7.04. The van der Waals surface area contributed by atoms with Gasteiger partial charge >= 0.3 is 0 Å². The highest BCUT2D eigenvalue weighted by molar-refractivity contribution is 14.0. The molecule has 0 aromatic rings. The zero-order valence-electron chi connectivity index (χ0n) is 19.4. The van der Waals surface area contributed by atoms with Crippen LogP contribution in [0.2, 0.25) is 0 Å². The molecule has 176 valence electrons. The van der Waals surface area contributed by atoms with Crippen LogP contribution in [0.15, 0.2) is 4.99 Å². The third kappa shape index (κ3) is 7.48. The minimum Gasteiger partial charge on any atom is -0.382 e. The number of methoxy groups -OCH3 is 1. The van der Waals surface area contributed by atoms with Gasteiger partial charge in [-0.2, -0.15) is 0 Å². The van der Waals surface area contributed by atoms with Crippen molar-refractivity contribution in [2.45, 2.75) is 70.3 Å². The molecule has 6 nitrogen and oxygen atoms in total. The van der Waals surface area contributed by atoms with E-state index in [1.165, 1.54) is 70.9 Å². The number of aliphatic imine (C=N–C) groups is 1. The fourth-order valence-corrected chi connectivity index (χ4v) is 5.35. The SMILES string of the molecule is CCNC(=NCC1(N2CCCCC2)CCCCC1)N1CCC(COCCOC)C1.I. The smallest absolute Gasteiger partial charge is 0.193 e. The van der Waals surface area contributed by atoms with Gasteiger partial charge in [0.2, 0.25) is 0 Å². The zero-order chi connectivity index (χ0) is 20.4. The fraction of sp³-hybridized carbons (Fsp3) is 0.957. The molecule has 30 heavy (non-hydrogen) atoms. The summed E-state index contributed by atoms with van der Waals surface area (Å²) in [6, 6.07) is 0. The van der Waals surface area contributed by atoms with Gasteiger partial charge < -0.3 is 19.7 Å². The zero-order valence-corrected chi connectivity index (χ0v) is 21.7. The number of ether oxygens (including phenoxy) is 2. The second-order valence-corrected chi connectivity index (χ2v) is 9.17. The van der Waals surface area contributed by atoms with Gasteiger partial charge in [-0.1, -0.05) is 25.7 Å². The molecule has 0 amide bonds. The van der Waals surface area contributed by atoms with Gasteiger partial charge in [-0.25, -0.2) is 0 Å². The first-order valence-corrected chi connectivity index (χ1v) is 12.1. The van der Waals surface area contributed by atoms with E-state index in [4.69, 9.17) is 14.5 Å². The maximum Gasteiger partial charge on any atom is 0.193 e. The molecule has 7 heteroatoms. The fourth-order valence-electron chi connectivity index (χ4n) is 5.35. The number of hydrogen-bond acceptors (Lipinski definition) is 4. The summed E-state index contributed by atoms with van der Waals surface area (Å²) in [5.74, 6) is 1.72. The summed E-state index contributed by atoms with van der Waals surface area (Å²) in [6.07, 6.45) is 12.1. The van der Waals surface area contributed by atoms with Crippen molar-refractivity contribution in [1.82, 2.24) is 15.1 Å². The average molecular weight is 537 g/mol. The Kier molecular flexibility index (Phi) is 12.3. The van der Waals surface area contributed by atoms with Crippen molar-refractivity contribution in [3.63, 3.8) is 0 Å². The van der Waals surface area contributed by atoms with Crippen molar-refractivity contribution in [1.29, 1.82) is 0 Å². The van der Waals surface area contributed by atoms with Crippen LogP contribution < -0.4 is 5.32 Å². The van der Waals surface area contributed by atoms with Crippen LogP contribution in [-0.4, -0.2) is 87.5 Å². The Hall–Kier alpha value is -0.120. The Morgan fingerprint density at radius 1 is 1.03 bits per heavy atom. The summed E-state index contributed by atoms with van der Waals surface area (Å²) >= 11 is 0. The van der Waals surface area contributed by atoms with E-state index in [0.29, 0.717) is 24.7 Å². The minimum atomic E-state index is 0. The van der Waals surface area contributed by atoms with Crippen molar-refractivity contribution >= 4 is 29.9 Å². The molecule has 1 saturated carbocycles. The van der Waals surface area contributed by atoms with Crippen LogP contribution in [0, 0.1) is 5.92 Å². The molecule has 3 aliphatic rings. The highest BCUT2D eigenvalue weighted by Gasteiger charge is 2.38. The van der Waals surface area contributed by atoms with Crippen LogP contribution in [0.1, 0.15) is 64.7 Å². The van der Waals surface area contributed by atoms with Crippen LogP contribution >= 0.6 is 24.0 Å². The van der Waals surface area contributed by atoms with Gasteiger partial charge in [0.1, 0.15) is 0 Å². The van der Waals surface area contributed by atoms with Crippen LogP contribution in [0.4, 0.5) is 0 Å². The predicted octanol–water partition coefficient (Wildman–Crippen LogP) is 3.74. The second-order valence-electron chi connectivity index (χ2n) is 9.17. The number of halogens is 1. The molecule has 0 aromatic carbocycles. The van der Waals surface area contributed by atoms with E-state index in [1.807, 2.05) is 0 Å². The van der Waals surface area contributed by atoms with E-state index in [-0.39, 0.29) is 24.0 Å². The molecule has 2 heterocycles. The summed E-state index contributed by atoms with van der Waals surface area (Å²) in [5.41, 5.74) is 0.307. The van der Waals surface area contributed by atoms with Crippen molar-refractivity contribution in [2.75, 3.05) is 66.2 Å². The standard InChI is InChI=1S/C23H44N4O2.HI/c1-3-24-22(26-15-10-21(18-26)19-29-17-16-28-2)25-20-23(11-6-4-7-12-23)27-13-8-5-9-14-27;/h21H,3-20H2,1-2H3,(H,24,25);1H. The van der Waals surface area contributed by atoms with Gasteiger partial charge in [0.25, 0.3) is 0 Å². The number of likely N-dealkylation sites (tertiary alicyclic amines) is 2. The van der Waals surface area contributed by atoms with Crippen molar-refractivity contribution in [3.05, 3.63) is 0 Å². The largest absolute Gasteiger partial charge is 0.382 e. The first kappa shape index (κ1) is 26.1. The number of hydrogen-bond donors (Lipinski definition) is 1. The first-order valence-electron chi connectivity index (χ1n) is 12.1. The Morgan fingerprint density at radius 2 is 1.77 bits per heavy atom. The molecule has 1 atom stereocenters. The Balaban J connectivity index is 0.00000320. The van der Waals surface area contributed by atoms with E-state index in [1.54, 1.807) is 7.11 Å². The van der Waals surface area contributed by atoms with Crippen LogP contribution in [0.5, 0.6) is 0 Å². The third-order valence-corrected chi connectivity index (χ3v) is 7.04. The van der Waals surface area contributed by atoms with Crippen LogP contribution in [-0.2, 0) is 9.47 Å². The normalized spacial score (nSPS) is 25.2. The maximum absolute atomic E-state index is 5.78. The number of guanidine groups is 1. The first-order chi connectivity index (χ1) is 14.3. The van der Waals surface area contributed by atoms with E-state index >= 15 is 0 Å².